The Balaban J connectivity index is 1.90. The molecule has 0 radical (unpaired) electrons. The number of rotatable bonds is 3. The van der Waals surface area contributed by atoms with Crippen LogP contribution in [0.25, 0.3) is 10.9 Å². The summed E-state index contributed by atoms with van der Waals surface area (Å²) in [5.74, 6) is 0.178. The van der Waals surface area contributed by atoms with Crippen LogP contribution in [-0.2, 0) is 6.54 Å². The highest BCUT2D eigenvalue weighted by Gasteiger charge is 2.10. The van der Waals surface area contributed by atoms with Crippen molar-refractivity contribution in [3.8, 4) is 5.75 Å². The lowest BCUT2D eigenvalue weighted by molar-refractivity contribution is 0.477. The van der Waals surface area contributed by atoms with Gasteiger partial charge in [-0.1, -0.05) is 43.4 Å². The van der Waals surface area contributed by atoms with Crippen LogP contribution in [0.4, 0.5) is 5.69 Å². The lowest BCUT2D eigenvalue weighted by Crippen LogP contribution is -2.07. The molecule has 0 aliphatic carbocycles. The highest BCUT2D eigenvalue weighted by molar-refractivity contribution is 9.11. The van der Waals surface area contributed by atoms with Gasteiger partial charge in [0.05, 0.1) is 16.7 Å². The van der Waals surface area contributed by atoms with Gasteiger partial charge >= 0.3 is 0 Å². The molecule has 0 saturated heterocycles. The number of aromatic hydroxyl groups is 1. The first-order valence-corrected chi connectivity index (χ1v) is 9.29. The van der Waals surface area contributed by atoms with Crippen LogP contribution in [0.1, 0.15) is 5.69 Å². The molecular formula is C16H12BBr3N2O. The number of hydrogen-bond acceptors (Lipinski definition) is 3. The number of hydrogen-bond donors (Lipinski definition) is 2. The lowest BCUT2D eigenvalue weighted by Gasteiger charge is -2.10. The first kappa shape index (κ1) is 16.8. The Morgan fingerprint density at radius 1 is 1.04 bits per heavy atom. The monoisotopic (exact) mass is 496 g/mol. The predicted molar refractivity (Wildman–Crippen MR) is 108 cm³/mol. The Morgan fingerprint density at radius 3 is 2.43 bits per heavy atom. The van der Waals surface area contributed by atoms with Crippen LogP contribution in [0.15, 0.2) is 49.8 Å². The van der Waals surface area contributed by atoms with Gasteiger partial charge in [0.15, 0.2) is 5.75 Å². The quantitative estimate of drug-likeness (QED) is 0.535. The molecule has 0 spiro atoms. The Kier molecular flexibility index (Phi) is 4.99. The summed E-state index contributed by atoms with van der Waals surface area (Å²) in [6.07, 6.45) is 0. The second-order valence-electron chi connectivity index (χ2n) is 5.23. The summed E-state index contributed by atoms with van der Waals surface area (Å²) in [4.78, 5) is 4.59. The fraction of sp³-hybridized carbons (Fsp3) is 0.0625. The normalized spacial score (nSPS) is 10.9. The number of aromatic nitrogens is 1. The molecule has 0 atom stereocenters. The van der Waals surface area contributed by atoms with E-state index in [1.807, 2.05) is 44.2 Å². The molecule has 1 aromatic heterocycles. The molecule has 0 bridgehead atoms. The second-order valence-corrected chi connectivity index (χ2v) is 7.92. The number of nitrogens with one attached hydrogen (secondary N) is 1. The van der Waals surface area contributed by atoms with Crippen molar-refractivity contribution in [2.45, 2.75) is 6.54 Å². The van der Waals surface area contributed by atoms with E-state index in [1.165, 1.54) is 0 Å². The SMILES string of the molecule is Bc1cc(Br)c(O)c2nc(CNc3cc(Br)cc(Br)c3)ccc12. The molecule has 0 aliphatic heterocycles. The van der Waals surface area contributed by atoms with Gasteiger partial charge in [0.25, 0.3) is 0 Å². The molecule has 3 rings (SSSR count). The maximum atomic E-state index is 10.2. The number of pyridine rings is 1. The summed E-state index contributed by atoms with van der Waals surface area (Å²) in [5.41, 5.74) is 3.54. The number of phenols is 1. The van der Waals surface area contributed by atoms with Gasteiger partial charge in [-0.2, -0.15) is 0 Å². The molecular weight excluding hydrogens is 487 g/mol. The third-order valence-electron chi connectivity index (χ3n) is 3.51. The summed E-state index contributed by atoms with van der Waals surface area (Å²) in [5, 5.41) is 14.5. The van der Waals surface area contributed by atoms with E-state index >= 15 is 0 Å². The van der Waals surface area contributed by atoms with Gasteiger partial charge in [-0.05, 0) is 51.6 Å². The Labute approximate surface area is 160 Å². The Hall–Kier alpha value is -1.05. The zero-order valence-electron chi connectivity index (χ0n) is 12.2. The van der Waals surface area contributed by atoms with Crippen LogP contribution >= 0.6 is 47.8 Å². The van der Waals surface area contributed by atoms with Crippen molar-refractivity contribution in [1.29, 1.82) is 0 Å². The van der Waals surface area contributed by atoms with Gasteiger partial charge in [0, 0.05) is 14.6 Å². The van der Waals surface area contributed by atoms with E-state index in [9.17, 15) is 5.11 Å². The fourth-order valence-corrected chi connectivity index (χ4v) is 4.22. The average Bonchev–Trinajstić information content (AvgIpc) is 2.49. The van der Waals surface area contributed by atoms with Gasteiger partial charge in [0.1, 0.15) is 13.4 Å². The minimum Gasteiger partial charge on any atom is -0.505 e. The molecule has 0 fully saturated rings. The third kappa shape index (κ3) is 3.73. The van der Waals surface area contributed by atoms with Crippen molar-refractivity contribution in [3.05, 3.63) is 55.5 Å². The van der Waals surface area contributed by atoms with E-state index in [-0.39, 0.29) is 5.75 Å². The smallest absolute Gasteiger partial charge is 0.155 e. The van der Waals surface area contributed by atoms with Crippen molar-refractivity contribution in [2.24, 2.45) is 0 Å². The summed E-state index contributed by atoms with van der Waals surface area (Å²) < 4.78 is 2.66. The second kappa shape index (κ2) is 6.83. The molecule has 2 aromatic carbocycles. The molecule has 0 unspecified atom stereocenters. The Bertz CT molecular complexity index is 882. The molecule has 23 heavy (non-hydrogen) atoms. The van der Waals surface area contributed by atoms with Crippen molar-refractivity contribution in [1.82, 2.24) is 4.98 Å². The van der Waals surface area contributed by atoms with Crippen LogP contribution in [0.3, 0.4) is 0 Å². The molecule has 0 amide bonds. The average molecular weight is 499 g/mol. The summed E-state index contributed by atoms with van der Waals surface area (Å²) in [6.45, 7) is 0.573. The number of halogens is 3. The summed E-state index contributed by atoms with van der Waals surface area (Å²) in [7, 11) is 2.01. The first-order chi connectivity index (χ1) is 10.9. The van der Waals surface area contributed by atoms with Crippen molar-refractivity contribution in [3.63, 3.8) is 0 Å². The summed E-state index contributed by atoms with van der Waals surface area (Å²) >= 11 is 10.3. The van der Waals surface area contributed by atoms with Gasteiger partial charge in [0.2, 0.25) is 0 Å². The molecule has 1 heterocycles. The molecule has 3 nitrogen and oxygen atoms in total. The van der Waals surface area contributed by atoms with Crippen LogP contribution in [0.2, 0.25) is 0 Å². The molecule has 116 valence electrons. The number of nitrogens with zero attached hydrogens (tertiary/aromatic N) is 1. The van der Waals surface area contributed by atoms with Gasteiger partial charge in [-0.25, -0.2) is 4.98 Å². The zero-order chi connectivity index (χ0) is 16.6. The molecule has 3 aromatic rings. The van der Waals surface area contributed by atoms with E-state index in [2.05, 4.69) is 58.1 Å². The van der Waals surface area contributed by atoms with Crippen LogP contribution in [0.5, 0.6) is 5.75 Å². The highest BCUT2D eigenvalue weighted by atomic mass is 79.9. The molecule has 0 saturated carbocycles. The number of phenolic OH excluding ortho intramolecular Hbond substituents is 1. The Morgan fingerprint density at radius 2 is 1.74 bits per heavy atom. The molecule has 2 N–H and O–H groups in total. The van der Waals surface area contributed by atoms with Crippen LogP contribution in [0, 0.1) is 0 Å². The standard InChI is InChI=1S/C16H12BBr3N2O/c17-13-6-14(20)16(23)15-12(13)2-1-10(22-15)7-21-11-4-8(18)3-9(19)5-11/h1-6,21,23H,7,17H2. The highest BCUT2D eigenvalue weighted by Crippen LogP contribution is 2.30. The van der Waals surface area contributed by atoms with Gasteiger partial charge in [-0.15, -0.1) is 0 Å². The minimum absolute atomic E-state index is 0.178. The molecule has 7 heteroatoms. The van der Waals surface area contributed by atoms with E-state index in [0.717, 1.165) is 31.2 Å². The van der Waals surface area contributed by atoms with Crippen molar-refractivity contribution in [2.75, 3.05) is 5.32 Å². The first-order valence-electron chi connectivity index (χ1n) is 6.91. The van der Waals surface area contributed by atoms with E-state index in [1.54, 1.807) is 0 Å². The van der Waals surface area contributed by atoms with Crippen molar-refractivity contribution >= 4 is 77.7 Å². The topological polar surface area (TPSA) is 45.2 Å². The number of fused-ring (bicyclic) bond motifs is 1. The van der Waals surface area contributed by atoms with Crippen molar-refractivity contribution < 1.29 is 5.11 Å². The number of benzene rings is 2. The zero-order valence-corrected chi connectivity index (χ0v) is 17.0. The largest absolute Gasteiger partial charge is 0.505 e. The third-order valence-corrected chi connectivity index (χ3v) is 5.03. The van der Waals surface area contributed by atoms with E-state index < -0.39 is 0 Å². The summed E-state index contributed by atoms with van der Waals surface area (Å²) in [6, 6.07) is 11.9. The maximum absolute atomic E-state index is 10.2. The fourth-order valence-electron chi connectivity index (χ4n) is 2.39. The van der Waals surface area contributed by atoms with E-state index in [4.69, 9.17) is 0 Å². The lowest BCUT2D eigenvalue weighted by atomic mass is 9.91. The van der Waals surface area contributed by atoms with Crippen LogP contribution < -0.4 is 10.8 Å². The number of anilines is 1. The maximum Gasteiger partial charge on any atom is 0.155 e. The van der Waals surface area contributed by atoms with E-state index in [0.29, 0.717) is 16.5 Å². The minimum atomic E-state index is 0.178. The van der Waals surface area contributed by atoms with Gasteiger partial charge < -0.3 is 10.4 Å². The molecule has 0 aliphatic rings. The van der Waals surface area contributed by atoms with Gasteiger partial charge in [-0.3, -0.25) is 0 Å². The van der Waals surface area contributed by atoms with Crippen LogP contribution in [-0.4, -0.2) is 17.9 Å². The predicted octanol–water partition coefficient (Wildman–Crippen LogP) is 4.10.